The summed E-state index contributed by atoms with van der Waals surface area (Å²) in [7, 11) is -2.39. The predicted molar refractivity (Wildman–Crippen MR) is 91.5 cm³/mol. The van der Waals surface area contributed by atoms with Gasteiger partial charge in [-0.25, -0.2) is 18.1 Å². The van der Waals surface area contributed by atoms with Gasteiger partial charge in [-0.1, -0.05) is 24.3 Å². The highest BCUT2D eigenvalue weighted by Crippen LogP contribution is 2.22. The first kappa shape index (κ1) is 16.8. The summed E-state index contributed by atoms with van der Waals surface area (Å²) in [5.41, 5.74) is 1.50. The maximum atomic E-state index is 12.7. The molecule has 2 N–H and O–H groups in total. The van der Waals surface area contributed by atoms with Crippen molar-refractivity contribution in [3.8, 4) is 6.07 Å². The minimum absolute atomic E-state index is 0.0397. The molecule has 8 heteroatoms. The van der Waals surface area contributed by atoms with Crippen LogP contribution in [0.5, 0.6) is 0 Å². The van der Waals surface area contributed by atoms with E-state index < -0.39 is 21.7 Å². The Morgan fingerprint density at radius 1 is 1.24 bits per heavy atom. The number of fused-ring (bicyclic) bond motifs is 1. The fraction of sp³-hybridized carbons (Fsp3) is 0.118. The minimum Gasteiger partial charge on any atom is -0.340 e. The van der Waals surface area contributed by atoms with Crippen molar-refractivity contribution in [1.82, 2.24) is 14.7 Å². The Morgan fingerprint density at radius 3 is 2.68 bits per heavy atom. The van der Waals surface area contributed by atoms with Gasteiger partial charge in [0.2, 0.25) is 10.0 Å². The van der Waals surface area contributed by atoms with Crippen LogP contribution in [0.15, 0.2) is 53.4 Å². The van der Waals surface area contributed by atoms with Crippen LogP contribution in [-0.2, 0) is 10.0 Å². The fourth-order valence-corrected chi connectivity index (χ4v) is 3.23. The van der Waals surface area contributed by atoms with Crippen LogP contribution in [0.4, 0.5) is 0 Å². The lowest BCUT2D eigenvalue weighted by Crippen LogP contribution is -2.19. The molecule has 0 saturated heterocycles. The normalized spacial score (nSPS) is 12.6. The number of aromatic amines is 1. The number of carbonyl (C=O) groups is 1. The number of Topliss-reactive ketones (excluding diaryl/α,β-unsaturated/α-hetero) is 1. The molecule has 0 bridgehead atoms. The van der Waals surface area contributed by atoms with E-state index in [-0.39, 0.29) is 16.3 Å². The number of hydrogen-bond acceptors (Lipinski definition) is 5. The summed E-state index contributed by atoms with van der Waals surface area (Å²) in [6.07, 6.45) is 0. The molecule has 3 rings (SSSR count). The van der Waals surface area contributed by atoms with E-state index in [9.17, 15) is 18.5 Å². The van der Waals surface area contributed by atoms with Gasteiger partial charge in [-0.15, -0.1) is 0 Å². The number of carbonyl (C=O) groups excluding carboxylic acids is 1. The molecule has 0 aliphatic carbocycles. The number of nitriles is 1. The van der Waals surface area contributed by atoms with E-state index in [1.54, 1.807) is 12.1 Å². The molecule has 0 aliphatic heterocycles. The Morgan fingerprint density at radius 2 is 2.00 bits per heavy atom. The topological polar surface area (TPSA) is 116 Å². The van der Waals surface area contributed by atoms with Crippen LogP contribution in [0.3, 0.4) is 0 Å². The molecule has 25 heavy (non-hydrogen) atoms. The van der Waals surface area contributed by atoms with Crippen LogP contribution in [0.1, 0.15) is 22.1 Å². The molecule has 0 aliphatic rings. The van der Waals surface area contributed by atoms with Crippen LogP contribution in [-0.4, -0.2) is 31.2 Å². The predicted octanol–water partition coefficient (Wildman–Crippen LogP) is 1.96. The van der Waals surface area contributed by atoms with E-state index in [1.165, 1.54) is 31.3 Å². The number of imidazole rings is 1. The van der Waals surface area contributed by atoms with E-state index in [2.05, 4.69) is 14.7 Å². The van der Waals surface area contributed by atoms with Gasteiger partial charge in [0, 0.05) is 5.56 Å². The zero-order valence-electron chi connectivity index (χ0n) is 13.2. The van der Waals surface area contributed by atoms with Gasteiger partial charge >= 0.3 is 0 Å². The molecular weight excluding hydrogens is 340 g/mol. The van der Waals surface area contributed by atoms with Gasteiger partial charge in [0.1, 0.15) is 5.82 Å². The van der Waals surface area contributed by atoms with E-state index in [4.69, 9.17) is 0 Å². The Balaban J connectivity index is 2.01. The first-order chi connectivity index (χ1) is 12.0. The van der Waals surface area contributed by atoms with Crippen LogP contribution in [0.2, 0.25) is 0 Å². The number of hydrogen-bond donors (Lipinski definition) is 2. The maximum absolute atomic E-state index is 12.7. The largest absolute Gasteiger partial charge is 0.340 e. The molecule has 126 valence electrons. The second kappa shape index (κ2) is 6.47. The molecule has 1 atom stereocenters. The molecule has 0 saturated carbocycles. The summed E-state index contributed by atoms with van der Waals surface area (Å²) in [4.78, 5) is 19.9. The number of benzene rings is 2. The van der Waals surface area contributed by atoms with Crippen molar-refractivity contribution in [2.75, 3.05) is 7.05 Å². The van der Waals surface area contributed by atoms with E-state index in [0.717, 1.165) is 5.52 Å². The van der Waals surface area contributed by atoms with Crippen molar-refractivity contribution < 1.29 is 13.2 Å². The quantitative estimate of drug-likeness (QED) is 0.680. The second-order valence-corrected chi connectivity index (χ2v) is 7.19. The zero-order chi connectivity index (χ0) is 18.0. The van der Waals surface area contributed by atoms with Crippen molar-refractivity contribution in [3.63, 3.8) is 0 Å². The first-order valence-corrected chi connectivity index (χ1v) is 8.86. The van der Waals surface area contributed by atoms with Gasteiger partial charge in [-0.05, 0) is 31.3 Å². The molecule has 2 aromatic carbocycles. The summed E-state index contributed by atoms with van der Waals surface area (Å²) in [5, 5.41) is 9.45. The van der Waals surface area contributed by atoms with Crippen molar-refractivity contribution in [3.05, 3.63) is 59.9 Å². The van der Waals surface area contributed by atoms with Gasteiger partial charge in [0.05, 0.1) is 22.0 Å². The summed E-state index contributed by atoms with van der Waals surface area (Å²) in [6.45, 7) is 0. The molecule has 3 aromatic rings. The average Bonchev–Trinajstić information content (AvgIpc) is 3.06. The number of sulfonamides is 1. The number of ketones is 1. The van der Waals surface area contributed by atoms with Gasteiger partial charge in [0.15, 0.2) is 11.7 Å². The molecule has 0 spiro atoms. The highest BCUT2D eigenvalue weighted by atomic mass is 32.2. The molecule has 7 nitrogen and oxygen atoms in total. The van der Waals surface area contributed by atoms with Crippen molar-refractivity contribution in [1.29, 1.82) is 5.26 Å². The second-order valence-electron chi connectivity index (χ2n) is 5.30. The molecule has 1 aromatic heterocycles. The molecule has 0 fully saturated rings. The third kappa shape index (κ3) is 3.15. The van der Waals surface area contributed by atoms with Crippen molar-refractivity contribution >= 4 is 26.8 Å². The van der Waals surface area contributed by atoms with Crippen molar-refractivity contribution in [2.24, 2.45) is 0 Å². The molecule has 0 radical (unpaired) electrons. The van der Waals surface area contributed by atoms with Gasteiger partial charge in [-0.2, -0.15) is 5.26 Å². The zero-order valence-corrected chi connectivity index (χ0v) is 14.0. The van der Waals surface area contributed by atoms with Gasteiger partial charge < -0.3 is 4.98 Å². The van der Waals surface area contributed by atoms with Crippen LogP contribution < -0.4 is 4.72 Å². The monoisotopic (exact) mass is 354 g/mol. The number of aromatic nitrogens is 2. The third-order valence-corrected chi connectivity index (χ3v) is 5.18. The van der Waals surface area contributed by atoms with Crippen LogP contribution in [0, 0.1) is 11.3 Å². The average molecular weight is 354 g/mol. The lowest BCUT2D eigenvalue weighted by atomic mass is 9.98. The highest BCUT2D eigenvalue weighted by Gasteiger charge is 2.26. The fourth-order valence-electron chi connectivity index (χ4n) is 2.45. The van der Waals surface area contributed by atoms with Crippen LogP contribution >= 0.6 is 0 Å². The Bertz CT molecular complexity index is 1060. The van der Waals surface area contributed by atoms with E-state index >= 15 is 0 Å². The Labute approximate surface area is 144 Å². The number of para-hydroxylation sites is 2. The molecule has 0 amide bonds. The summed E-state index contributed by atoms with van der Waals surface area (Å²) in [6, 6.07) is 14.7. The standard InChI is InChI=1S/C17H14N4O3S/c1-19-25(23,24)12-6-4-5-11(9-12)16(22)13(10-18)17-20-14-7-2-3-8-15(14)21-17/h2-9,13,19H,1H3,(H,20,21). The third-order valence-electron chi connectivity index (χ3n) is 3.77. The first-order valence-electron chi connectivity index (χ1n) is 7.38. The van der Waals surface area contributed by atoms with Gasteiger partial charge in [0.25, 0.3) is 0 Å². The van der Waals surface area contributed by atoms with Crippen LogP contribution in [0.25, 0.3) is 11.0 Å². The Kier molecular flexibility index (Phi) is 4.35. The number of H-pyrrole nitrogens is 1. The number of rotatable bonds is 5. The molecule has 1 heterocycles. The number of nitrogens with one attached hydrogen (secondary N) is 2. The maximum Gasteiger partial charge on any atom is 0.240 e. The van der Waals surface area contributed by atoms with Gasteiger partial charge in [-0.3, -0.25) is 4.79 Å². The smallest absolute Gasteiger partial charge is 0.240 e. The molecule has 1 unspecified atom stereocenters. The highest BCUT2D eigenvalue weighted by molar-refractivity contribution is 7.89. The van der Waals surface area contributed by atoms with E-state index in [1.807, 2.05) is 18.2 Å². The Hall–Kier alpha value is -3.02. The number of nitrogens with zero attached hydrogens (tertiary/aromatic N) is 2. The minimum atomic E-state index is -3.68. The van der Waals surface area contributed by atoms with E-state index in [0.29, 0.717) is 5.52 Å². The molecular formula is C17H14N4O3S. The lowest BCUT2D eigenvalue weighted by molar-refractivity contribution is 0.0976. The summed E-state index contributed by atoms with van der Waals surface area (Å²) < 4.78 is 26.0. The summed E-state index contributed by atoms with van der Waals surface area (Å²) >= 11 is 0. The summed E-state index contributed by atoms with van der Waals surface area (Å²) in [5.74, 6) is -1.44. The van der Waals surface area contributed by atoms with Crippen molar-refractivity contribution in [2.45, 2.75) is 10.8 Å². The lowest BCUT2D eigenvalue weighted by Gasteiger charge is -2.08. The SMILES string of the molecule is CNS(=O)(=O)c1cccc(C(=O)C(C#N)c2nc3ccccc3[nH]2)c1.